The van der Waals surface area contributed by atoms with Gasteiger partial charge in [0.25, 0.3) is 0 Å². The first-order valence-electron chi connectivity index (χ1n) is 7.83. The minimum Gasteiger partial charge on any atom is -0.481 e. The van der Waals surface area contributed by atoms with Gasteiger partial charge in [-0.1, -0.05) is 69.2 Å². The van der Waals surface area contributed by atoms with Gasteiger partial charge in [-0.2, -0.15) is 0 Å². The third kappa shape index (κ3) is 3.26. The number of carboxylic acids is 1. The van der Waals surface area contributed by atoms with E-state index in [1.807, 2.05) is 25.1 Å². The molecule has 0 saturated carbocycles. The van der Waals surface area contributed by atoms with Crippen LogP contribution in [-0.4, -0.2) is 11.1 Å². The van der Waals surface area contributed by atoms with Gasteiger partial charge in [-0.25, -0.2) is 0 Å². The molecule has 2 nitrogen and oxygen atoms in total. The van der Waals surface area contributed by atoms with Gasteiger partial charge in [0.1, 0.15) is 0 Å². The van der Waals surface area contributed by atoms with Gasteiger partial charge in [0.15, 0.2) is 0 Å². The van der Waals surface area contributed by atoms with E-state index in [0.717, 1.165) is 24.8 Å². The van der Waals surface area contributed by atoms with Crippen LogP contribution in [0.3, 0.4) is 0 Å². The van der Waals surface area contributed by atoms with Crippen LogP contribution < -0.4 is 0 Å². The summed E-state index contributed by atoms with van der Waals surface area (Å²) in [6.07, 6.45) is 4.03. The fourth-order valence-electron chi connectivity index (χ4n) is 3.05. The second-order valence-electron chi connectivity index (χ2n) is 5.86. The van der Waals surface area contributed by atoms with E-state index in [-0.39, 0.29) is 0 Å². The number of hydrogen-bond donors (Lipinski definition) is 1. The molecule has 0 aromatic heterocycles. The summed E-state index contributed by atoms with van der Waals surface area (Å²) in [7, 11) is 0. The zero-order chi connectivity index (χ0) is 15.3. The largest absolute Gasteiger partial charge is 0.481 e. The van der Waals surface area contributed by atoms with Gasteiger partial charge in [-0.15, -0.1) is 0 Å². The third-order valence-corrected chi connectivity index (χ3v) is 4.55. The maximum Gasteiger partial charge on any atom is 0.309 e. The summed E-state index contributed by atoms with van der Waals surface area (Å²) in [5, 5.41) is 12.1. The van der Waals surface area contributed by atoms with Crippen molar-refractivity contribution in [2.24, 2.45) is 5.41 Å². The molecule has 2 aromatic carbocycles. The minimum absolute atomic E-state index is 0.611. The molecule has 0 fully saturated rings. The Balaban J connectivity index is 2.41. The summed E-state index contributed by atoms with van der Waals surface area (Å²) in [6, 6.07) is 14.4. The predicted molar refractivity (Wildman–Crippen MR) is 87.5 cm³/mol. The molecule has 1 unspecified atom stereocenters. The molecule has 0 heterocycles. The Morgan fingerprint density at radius 3 is 2.48 bits per heavy atom. The van der Waals surface area contributed by atoms with Crippen LogP contribution in [0.5, 0.6) is 0 Å². The van der Waals surface area contributed by atoms with Crippen molar-refractivity contribution in [1.29, 1.82) is 0 Å². The van der Waals surface area contributed by atoms with Crippen molar-refractivity contribution in [1.82, 2.24) is 0 Å². The van der Waals surface area contributed by atoms with Crippen molar-refractivity contribution in [3.8, 4) is 0 Å². The highest BCUT2D eigenvalue weighted by molar-refractivity contribution is 5.86. The molecule has 2 rings (SSSR count). The molecule has 1 N–H and O–H groups in total. The van der Waals surface area contributed by atoms with E-state index in [1.165, 1.54) is 10.8 Å². The molecule has 0 aliphatic rings. The lowest BCUT2D eigenvalue weighted by Crippen LogP contribution is -2.33. The Hall–Kier alpha value is -1.83. The molecule has 0 amide bonds. The lowest BCUT2D eigenvalue weighted by atomic mass is 9.74. The average molecular weight is 284 g/mol. The molecule has 21 heavy (non-hydrogen) atoms. The van der Waals surface area contributed by atoms with E-state index in [4.69, 9.17) is 0 Å². The Bertz CT molecular complexity index is 612. The van der Waals surface area contributed by atoms with Crippen molar-refractivity contribution >= 4 is 16.7 Å². The van der Waals surface area contributed by atoms with Gasteiger partial charge in [0, 0.05) is 0 Å². The number of benzene rings is 2. The maximum absolute atomic E-state index is 11.9. The number of rotatable bonds is 7. The van der Waals surface area contributed by atoms with Crippen molar-refractivity contribution in [3.05, 3.63) is 48.0 Å². The van der Waals surface area contributed by atoms with Crippen molar-refractivity contribution in [3.63, 3.8) is 0 Å². The standard InChI is InChI=1S/C19H24O2/c1-3-5-13-19(4-2,18(20)21)14-16-11-8-10-15-9-6-7-12-17(15)16/h6-12H,3-5,13-14H2,1-2H3,(H,20,21). The summed E-state index contributed by atoms with van der Waals surface area (Å²) in [5.74, 6) is -0.661. The minimum atomic E-state index is -0.661. The Kier molecular flexibility index (Phi) is 5.00. The van der Waals surface area contributed by atoms with Crippen LogP contribution in [0.4, 0.5) is 0 Å². The monoisotopic (exact) mass is 284 g/mol. The molecule has 0 aliphatic heterocycles. The molecule has 0 aliphatic carbocycles. The zero-order valence-corrected chi connectivity index (χ0v) is 12.9. The lowest BCUT2D eigenvalue weighted by Gasteiger charge is -2.29. The number of fused-ring (bicyclic) bond motifs is 1. The summed E-state index contributed by atoms with van der Waals surface area (Å²) >= 11 is 0. The van der Waals surface area contributed by atoms with Crippen molar-refractivity contribution < 1.29 is 9.90 Å². The average Bonchev–Trinajstić information content (AvgIpc) is 2.51. The predicted octanol–water partition coefficient (Wildman–Crippen LogP) is 5.05. The highest BCUT2D eigenvalue weighted by Crippen LogP contribution is 2.35. The first-order chi connectivity index (χ1) is 10.1. The van der Waals surface area contributed by atoms with Crippen LogP contribution in [0.15, 0.2) is 42.5 Å². The number of carbonyl (C=O) groups is 1. The van der Waals surface area contributed by atoms with E-state index < -0.39 is 11.4 Å². The van der Waals surface area contributed by atoms with Gasteiger partial charge >= 0.3 is 5.97 Å². The van der Waals surface area contributed by atoms with Crippen molar-refractivity contribution in [2.75, 3.05) is 0 Å². The van der Waals surface area contributed by atoms with Crippen molar-refractivity contribution in [2.45, 2.75) is 46.0 Å². The SMILES string of the molecule is CCCCC(CC)(Cc1cccc2ccccc12)C(=O)O. The van der Waals surface area contributed by atoms with E-state index in [0.29, 0.717) is 12.8 Å². The Morgan fingerprint density at radius 1 is 1.10 bits per heavy atom. The van der Waals surface area contributed by atoms with E-state index in [1.54, 1.807) is 0 Å². The Labute approximate surface area is 126 Å². The van der Waals surface area contributed by atoms with Gasteiger partial charge < -0.3 is 5.11 Å². The fraction of sp³-hybridized carbons (Fsp3) is 0.421. The molecule has 2 aromatic rings. The topological polar surface area (TPSA) is 37.3 Å². The quantitative estimate of drug-likeness (QED) is 0.772. The van der Waals surface area contributed by atoms with E-state index in [9.17, 15) is 9.90 Å². The molecule has 0 radical (unpaired) electrons. The number of carboxylic acid groups (broad SMARTS) is 1. The molecule has 1 atom stereocenters. The Morgan fingerprint density at radius 2 is 1.81 bits per heavy atom. The summed E-state index contributed by atoms with van der Waals surface area (Å²) in [6.45, 7) is 4.11. The van der Waals surface area contributed by atoms with E-state index in [2.05, 4.69) is 31.2 Å². The van der Waals surface area contributed by atoms with Crippen LogP contribution in [0.2, 0.25) is 0 Å². The highest BCUT2D eigenvalue weighted by Gasteiger charge is 2.36. The van der Waals surface area contributed by atoms with E-state index >= 15 is 0 Å². The summed E-state index contributed by atoms with van der Waals surface area (Å²) < 4.78 is 0. The second kappa shape index (κ2) is 6.75. The maximum atomic E-state index is 11.9. The van der Waals surface area contributed by atoms with Gasteiger partial charge in [0.05, 0.1) is 5.41 Å². The number of hydrogen-bond acceptors (Lipinski definition) is 1. The van der Waals surface area contributed by atoms with Gasteiger partial charge in [-0.3, -0.25) is 4.79 Å². The molecule has 0 bridgehead atoms. The summed E-state index contributed by atoms with van der Waals surface area (Å²) in [4.78, 5) is 11.9. The molecule has 112 valence electrons. The smallest absolute Gasteiger partial charge is 0.309 e. The molecular formula is C19H24O2. The normalized spacial score (nSPS) is 14.0. The number of unbranched alkanes of at least 4 members (excludes halogenated alkanes) is 1. The second-order valence-corrected chi connectivity index (χ2v) is 5.86. The first kappa shape index (κ1) is 15.6. The van der Waals surface area contributed by atoms with Gasteiger partial charge in [0.2, 0.25) is 0 Å². The zero-order valence-electron chi connectivity index (χ0n) is 12.9. The van der Waals surface area contributed by atoms with Crippen LogP contribution in [-0.2, 0) is 11.2 Å². The lowest BCUT2D eigenvalue weighted by molar-refractivity contribution is -0.149. The van der Waals surface area contributed by atoms with Crippen LogP contribution in [0.1, 0.15) is 45.1 Å². The molecular weight excluding hydrogens is 260 g/mol. The third-order valence-electron chi connectivity index (χ3n) is 4.55. The molecule has 0 saturated heterocycles. The van der Waals surface area contributed by atoms with Crippen LogP contribution in [0, 0.1) is 5.41 Å². The van der Waals surface area contributed by atoms with Crippen LogP contribution in [0.25, 0.3) is 10.8 Å². The molecule has 2 heteroatoms. The van der Waals surface area contributed by atoms with Gasteiger partial charge in [-0.05, 0) is 35.6 Å². The van der Waals surface area contributed by atoms with Crippen LogP contribution >= 0.6 is 0 Å². The first-order valence-corrected chi connectivity index (χ1v) is 7.83. The fourth-order valence-corrected chi connectivity index (χ4v) is 3.05. The summed E-state index contributed by atoms with van der Waals surface area (Å²) in [5.41, 5.74) is 0.508. The molecule has 0 spiro atoms. The highest BCUT2D eigenvalue weighted by atomic mass is 16.4. The number of aliphatic carboxylic acids is 1.